The number of aromatic nitrogens is 1. The number of benzene rings is 2. The molecule has 0 fully saturated rings. The van der Waals surface area contributed by atoms with Gasteiger partial charge in [-0.05, 0) is 71.1 Å². The molecule has 1 aliphatic rings. The maximum atomic E-state index is 13.5. The fourth-order valence-electron chi connectivity index (χ4n) is 3.63. The van der Waals surface area contributed by atoms with Crippen molar-refractivity contribution in [2.45, 2.75) is 13.0 Å². The zero-order valence-electron chi connectivity index (χ0n) is 16.6. The van der Waals surface area contributed by atoms with Crippen molar-refractivity contribution in [3.63, 3.8) is 0 Å². The van der Waals surface area contributed by atoms with Gasteiger partial charge in [0.15, 0.2) is 0 Å². The Morgan fingerprint density at radius 2 is 1.71 bits per heavy atom. The van der Waals surface area contributed by atoms with Gasteiger partial charge in [0.25, 0.3) is 11.8 Å². The first-order chi connectivity index (χ1) is 15.0. The number of nitrogens with one attached hydrogen (secondary N) is 1. The molecule has 0 saturated heterocycles. The molecule has 7 heteroatoms. The number of fused-ring (bicyclic) bond motifs is 1. The van der Waals surface area contributed by atoms with Crippen LogP contribution in [0, 0.1) is 5.82 Å². The van der Waals surface area contributed by atoms with Crippen molar-refractivity contribution in [1.82, 2.24) is 15.4 Å². The highest BCUT2D eigenvalue weighted by atomic mass is 19.1. The molecule has 0 spiro atoms. The number of nitrogens with zero attached hydrogens (tertiary/aromatic N) is 2. The van der Waals surface area contributed by atoms with Gasteiger partial charge >= 0.3 is 0 Å². The van der Waals surface area contributed by atoms with Gasteiger partial charge in [-0.2, -0.15) is 0 Å². The fourth-order valence-corrected chi connectivity index (χ4v) is 3.63. The minimum atomic E-state index is -0.601. The van der Waals surface area contributed by atoms with Crippen LogP contribution < -0.4 is 5.48 Å². The zero-order valence-corrected chi connectivity index (χ0v) is 16.6. The molecular formula is C24H20FN3O3. The summed E-state index contributed by atoms with van der Waals surface area (Å²) in [7, 11) is 0. The Morgan fingerprint density at radius 1 is 1.00 bits per heavy atom. The van der Waals surface area contributed by atoms with Crippen molar-refractivity contribution in [2.24, 2.45) is 0 Å². The fraction of sp³-hybridized carbons (Fsp3) is 0.125. The van der Waals surface area contributed by atoms with E-state index < -0.39 is 5.91 Å². The number of hydroxylamine groups is 1. The van der Waals surface area contributed by atoms with Crippen LogP contribution in [0.25, 0.3) is 11.6 Å². The lowest BCUT2D eigenvalue weighted by Crippen LogP contribution is -2.36. The highest BCUT2D eigenvalue weighted by Crippen LogP contribution is 2.26. The Morgan fingerprint density at radius 3 is 2.42 bits per heavy atom. The van der Waals surface area contributed by atoms with Crippen LogP contribution in [0.4, 0.5) is 4.39 Å². The molecule has 0 aliphatic carbocycles. The SMILES string of the molecule is O=C(NO)c1ccc2c(c1)CN(C(=O)C(=Cc1ccncc1)c1ccc(F)cc1)CC2. The Bertz CT molecular complexity index is 1140. The van der Waals surface area contributed by atoms with Gasteiger partial charge in [0, 0.05) is 36.6 Å². The van der Waals surface area contributed by atoms with Crippen LogP contribution in [0.15, 0.2) is 67.0 Å². The summed E-state index contributed by atoms with van der Waals surface area (Å²) in [6.45, 7) is 0.849. The average molecular weight is 417 g/mol. The first-order valence-corrected chi connectivity index (χ1v) is 9.78. The molecule has 4 rings (SSSR count). The summed E-state index contributed by atoms with van der Waals surface area (Å²) in [6.07, 6.45) is 5.70. The highest BCUT2D eigenvalue weighted by Gasteiger charge is 2.25. The molecule has 1 aliphatic heterocycles. The molecule has 2 aromatic carbocycles. The summed E-state index contributed by atoms with van der Waals surface area (Å²) in [6, 6.07) is 14.6. The van der Waals surface area contributed by atoms with Crippen LogP contribution >= 0.6 is 0 Å². The second kappa shape index (κ2) is 8.89. The van der Waals surface area contributed by atoms with Gasteiger partial charge in [0.1, 0.15) is 5.82 Å². The third kappa shape index (κ3) is 4.51. The van der Waals surface area contributed by atoms with E-state index in [9.17, 15) is 14.0 Å². The Kier molecular flexibility index (Phi) is 5.86. The molecule has 31 heavy (non-hydrogen) atoms. The summed E-state index contributed by atoms with van der Waals surface area (Å²) in [4.78, 5) is 31.0. The van der Waals surface area contributed by atoms with Crippen molar-refractivity contribution in [1.29, 1.82) is 0 Å². The lowest BCUT2D eigenvalue weighted by atomic mass is 9.95. The highest BCUT2D eigenvalue weighted by molar-refractivity contribution is 6.24. The number of carbonyl (C=O) groups excluding carboxylic acids is 2. The third-order valence-electron chi connectivity index (χ3n) is 5.27. The number of halogens is 1. The number of carbonyl (C=O) groups is 2. The summed E-state index contributed by atoms with van der Waals surface area (Å²) >= 11 is 0. The van der Waals surface area contributed by atoms with Crippen molar-refractivity contribution < 1.29 is 19.2 Å². The van der Waals surface area contributed by atoms with E-state index in [2.05, 4.69) is 4.98 Å². The van der Waals surface area contributed by atoms with Gasteiger partial charge in [-0.3, -0.25) is 19.8 Å². The molecule has 0 radical (unpaired) electrons. The maximum Gasteiger partial charge on any atom is 0.274 e. The summed E-state index contributed by atoms with van der Waals surface area (Å²) in [5.41, 5.74) is 5.72. The Labute approximate surface area is 178 Å². The number of pyridine rings is 1. The maximum absolute atomic E-state index is 13.5. The normalized spacial score (nSPS) is 13.5. The standard InChI is InChI=1S/C24H20FN3O3/c25-21-5-3-18(4-6-21)22(13-16-7-10-26-11-8-16)24(30)28-12-9-17-1-2-19(23(29)27-31)14-20(17)15-28/h1-8,10-11,13-14,31H,9,12,15H2,(H,27,29). The molecule has 6 nitrogen and oxygen atoms in total. The minimum Gasteiger partial charge on any atom is -0.334 e. The lowest BCUT2D eigenvalue weighted by Gasteiger charge is -2.30. The topological polar surface area (TPSA) is 82.5 Å². The molecule has 0 bridgehead atoms. The second-order valence-electron chi connectivity index (χ2n) is 7.25. The van der Waals surface area contributed by atoms with E-state index in [1.54, 1.807) is 65.2 Å². The number of rotatable bonds is 4. The van der Waals surface area contributed by atoms with Gasteiger partial charge < -0.3 is 4.90 Å². The Hall–Kier alpha value is -3.84. The van der Waals surface area contributed by atoms with Crippen molar-refractivity contribution in [3.05, 3.63) is 101 Å². The quantitative estimate of drug-likeness (QED) is 0.387. The summed E-state index contributed by atoms with van der Waals surface area (Å²) < 4.78 is 13.5. The van der Waals surface area contributed by atoms with Crippen LogP contribution in [-0.4, -0.2) is 33.5 Å². The van der Waals surface area contributed by atoms with Gasteiger partial charge in [0.2, 0.25) is 0 Å². The predicted octanol–water partition coefficient (Wildman–Crippen LogP) is 3.47. The van der Waals surface area contributed by atoms with Crippen LogP contribution in [0.2, 0.25) is 0 Å². The second-order valence-corrected chi connectivity index (χ2v) is 7.25. The summed E-state index contributed by atoms with van der Waals surface area (Å²) in [5.74, 6) is -1.16. The molecule has 156 valence electrons. The summed E-state index contributed by atoms with van der Waals surface area (Å²) in [5, 5.41) is 8.89. The Balaban J connectivity index is 1.67. The minimum absolute atomic E-state index is 0.189. The van der Waals surface area contributed by atoms with E-state index in [1.165, 1.54) is 12.1 Å². The molecule has 1 aromatic heterocycles. The van der Waals surface area contributed by atoms with Gasteiger partial charge in [-0.15, -0.1) is 0 Å². The largest absolute Gasteiger partial charge is 0.334 e. The molecule has 0 unspecified atom stereocenters. The van der Waals surface area contributed by atoms with Gasteiger partial charge in [-0.1, -0.05) is 18.2 Å². The van der Waals surface area contributed by atoms with Crippen LogP contribution in [0.1, 0.15) is 32.6 Å². The lowest BCUT2D eigenvalue weighted by molar-refractivity contribution is -0.125. The smallest absolute Gasteiger partial charge is 0.274 e. The van der Waals surface area contributed by atoms with Crippen molar-refractivity contribution in [3.8, 4) is 0 Å². The molecule has 2 N–H and O–H groups in total. The molecule has 0 saturated carbocycles. The van der Waals surface area contributed by atoms with E-state index in [4.69, 9.17) is 5.21 Å². The third-order valence-corrected chi connectivity index (χ3v) is 5.27. The molecule has 2 amide bonds. The van der Waals surface area contributed by atoms with Crippen molar-refractivity contribution >= 4 is 23.5 Å². The zero-order chi connectivity index (χ0) is 21.8. The molecule has 3 aromatic rings. The molecular weight excluding hydrogens is 397 g/mol. The van der Waals surface area contributed by atoms with Crippen LogP contribution in [0.5, 0.6) is 0 Å². The van der Waals surface area contributed by atoms with Gasteiger partial charge in [0.05, 0.1) is 0 Å². The first-order valence-electron chi connectivity index (χ1n) is 9.78. The monoisotopic (exact) mass is 417 g/mol. The average Bonchev–Trinajstić information content (AvgIpc) is 2.82. The number of hydrogen-bond donors (Lipinski definition) is 2. The van der Waals surface area contributed by atoms with Gasteiger partial charge in [-0.25, -0.2) is 9.87 Å². The van der Waals surface area contributed by atoms with E-state index >= 15 is 0 Å². The van der Waals surface area contributed by atoms with Crippen LogP contribution in [0.3, 0.4) is 0 Å². The van der Waals surface area contributed by atoms with Crippen LogP contribution in [-0.2, 0) is 17.8 Å². The predicted molar refractivity (Wildman–Crippen MR) is 113 cm³/mol. The van der Waals surface area contributed by atoms with E-state index in [-0.39, 0.29) is 11.7 Å². The molecule has 2 heterocycles. The van der Waals surface area contributed by atoms with E-state index in [0.29, 0.717) is 36.2 Å². The molecule has 0 atom stereocenters. The van der Waals surface area contributed by atoms with E-state index in [1.807, 2.05) is 6.07 Å². The first kappa shape index (κ1) is 20.4. The van der Waals surface area contributed by atoms with Crippen molar-refractivity contribution in [2.75, 3.05) is 6.54 Å². The number of hydrogen-bond acceptors (Lipinski definition) is 4. The van der Waals surface area contributed by atoms with E-state index in [0.717, 1.165) is 16.7 Å². The number of amides is 2.